The second-order valence-electron chi connectivity index (χ2n) is 14.4. The van der Waals surface area contributed by atoms with Gasteiger partial charge in [-0.3, -0.25) is 4.79 Å². The van der Waals surface area contributed by atoms with Crippen molar-refractivity contribution in [1.82, 2.24) is 0 Å². The van der Waals surface area contributed by atoms with Crippen LogP contribution in [0.5, 0.6) is 0 Å². The number of fused-ring (bicyclic) bond motifs is 4. The molecule has 0 aromatic rings. The second-order valence-corrected chi connectivity index (χ2v) is 14.4. The third kappa shape index (κ3) is 6.02. The Balaban J connectivity index is 1.85. The van der Waals surface area contributed by atoms with Gasteiger partial charge in [-0.15, -0.1) is 0 Å². The van der Waals surface area contributed by atoms with Crippen molar-refractivity contribution in [3.05, 3.63) is 23.0 Å². The number of rotatable bonds is 7. The molecule has 0 amide bonds. The van der Waals surface area contributed by atoms with E-state index in [4.69, 9.17) is 29.4 Å². The topological polar surface area (TPSA) is 198 Å². The number of carbonyl (C=O) groups excluding carboxylic acids is 5. The molecule has 0 aromatic carbocycles. The fourth-order valence-corrected chi connectivity index (χ4v) is 8.21. The number of hydrogen-bond acceptors (Lipinski definition) is 13. The maximum absolute atomic E-state index is 13.8. The summed E-state index contributed by atoms with van der Waals surface area (Å²) in [6.07, 6.45) is -5.64. The first-order chi connectivity index (χ1) is 21.3. The highest BCUT2D eigenvalue weighted by molar-refractivity contribution is 5.98. The van der Waals surface area contributed by atoms with Gasteiger partial charge in [-0.05, 0) is 56.4 Å². The van der Waals surface area contributed by atoms with Gasteiger partial charge in [0.1, 0.15) is 18.2 Å². The summed E-state index contributed by atoms with van der Waals surface area (Å²) >= 11 is 0. The van der Waals surface area contributed by atoms with Gasteiger partial charge in [0, 0.05) is 30.3 Å². The highest BCUT2D eigenvalue weighted by atomic mass is 16.6. The maximum Gasteiger partial charge on any atom is 0.347 e. The lowest BCUT2D eigenvalue weighted by Gasteiger charge is -2.60. The van der Waals surface area contributed by atoms with Crippen molar-refractivity contribution in [3.8, 4) is 0 Å². The van der Waals surface area contributed by atoms with Crippen LogP contribution in [0.2, 0.25) is 0 Å². The summed E-state index contributed by atoms with van der Waals surface area (Å²) in [5.74, 6) is -5.77. The van der Waals surface area contributed by atoms with Gasteiger partial charge < -0.3 is 39.6 Å². The first-order valence-corrected chi connectivity index (χ1v) is 15.7. The van der Waals surface area contributed by atoms with E-state index < -0.39 is 94.8 Å². The molecule has 13 heteroatoms. The number of esters is 4. The largest absolute Gasteiger partial charge is 0.467 e. The predicted molar refractivity (Wildman–Crippen MR) is 160 cm³/mol. The normalized spacial score (nSPS) is 37.9. The molecule has 2 aliphatic carbocycles. The fourth-order valence-electron chi connectivity index (χ4n) is 8.21. The van der Waals surface area contributed by atoms with Crippen molar-refractivity contribution in [2.45, 2.75) is 110 Å². The second kappa shape index (κ2) is 12.8. The van der Waals surface area contributed by atoms with Crippen LogP contribution in [0.4, 0.5) is 0 Å². The summed E-state index contributed by atoms with van der Waals surface area (Å²) in [5.41, 5.74) is 2.39. The molecule has 46 heavy (non-hydrogen) atoms. The average molecular weight is 650 g/mol. The zero-order valence-electron chi connectivity index (χ0n) is 27.8. The lowest BCUT2D eigenvalue weighted by molar-refractivity contribution is -0.216. The molecule has 13 nitrogen and oxygen atoms in total. The molecule has 4 rings (SSSR count). The molecule has 1 saturated carbocycles. The number of Topliss-reactive ketones (excluding diaryl/α,β-unsaturated/α-hetero) is 1. The Kier molecular flexibility index (Phi) is 9.95. The van der Waals surface area contributed by atoms with E-state index >= 15 is 0 Å². The summed E-state index contributed by atoms with van der Waals surface area (Å²) in [6, 6.07) is -0.948. The van der Waals surface area contributed by atoms with E-state index in [-0.39, 0.29) is 31.1 Å². The number of nitrogens with two attached hydrogens (primary N) is 1. The summed E-state index contributed by atoms with van der Waals surface area (Å²) in [7, 11) is 1.07. The standard InChI is InChI=1S/C33H47NO12/c1-15(2)9-19(34)28(39)46-25-17(5)18-11-22-32(7)14-43-33(30(41)42-8,13-21(29(40)45-22)44-23(36)10-16(3)4)27(38)24(37)26(32)31(18,6)12-20(25)35/h10,15,18-19,21-22,24,26-27,37-38H,9,11-14,34H2,1-8H3/t18-,19-,21+,22+,24+,26?,27-,31-,32-,33?/m0/s1. The monoisotopic (exact) mass is 649 g/mol. The number of aliphatic hydroxyl groups excluding tert-OH is 2. The van der Waals surface area contributed by atoms with Gasteiger partial charge in [0.25, 0.3) is 0 Å². The molecule has 2 heterocycles. The van der Waals surface area contributed by atoms with Crippen molar-refractivity contribution in [2.24, 2.45) is 34.3 Å². The predicted octanol–water partition coefficient (Wildman–Crippen LogP) is 1.66. The number of allylic oxidation sites excluding steroid dienone is 3. The van der Waals surface area contributed by atoms with Crippen LogP contribution in [0.15, 0.2) is 23.0 Å². The van der Waals surface area contributed by atoms with E-state index in [0.29, 0.717) is 17.6 Å². The minimum absolute atomic E-state index is 0.111. The molecule has 4 aliphatic rings. The van der Waals surface area contributed by atoms with Crippen LogP contribution >= 0.6 is 0 Å². The summed E-state index contributed by atoms with van der Waals surface area (Å²) in [5, 5.41) is 23.9. The molecule has 3 fully saturated rings. The molecule has 0 aromatic heterocycles. The van der Waals surface area contributed by atoms with Gasteiger partial charge in [0.15, 0.2) is 17.1 Å². The third-order valence-corrected chi connectivity index (χ3v) is 10.3. The summed E-state index contributed by atoms with van der Waals surface area (Å²) < 4.78 is 28.3. The van der Waals surface area contributed by atoms with E-state index in [1.54, 1.807) is 34.6 Å². The summed E-state index contributed by atoms with van der Waals surface area (Å²) in [6.45, 7) is 12.0. The smallest absolute Gasteiger partial charge is 0.347 e. The first-order valence-electron chi connectivity index (χ1n) is 15.7. The van der Waals surface area contributed by atoms with Gasteiger partial charge in [-0.1, -0.05) is 33.3 Å². The molecule has 4 N–H and O–H groups in total. The number of ether oxygens (including phenoxy) is 5. The van der Waals surface area contributed by atoms with Crippen LogP contribution in [0, 0.1) is 28.6 Å². The zero-order valence-corrected chi connectivity index (χ0v) is 27.8. The number of hydrogen-bond donors (Lipinski definition) is 3. The molecule has 10 atom stereocenters. The van der Waals surface area contributed by atoms with Gasteiger partial charge in [0.05, 0.1) is 19.8 Å². The van der Waals surface area contributed by atoms with E-state index in [0.717, 1.165) is 13.2 Å². The van der Waals surface area contributed by atoms with Crippen molar-refractivity contribution in [1.29, 1.82) is 0 Å². The Morgan fingerprint density at radius 3 is 2.37 bits per heavy atom. The van der Waals surface area contributed by atoms with Crippen LogP contribution in [0.3, 0.4) is 0 Å². The van der Waals surface area contributed by atoms with Crippen molar-refractivity contribution < 1.29 is 57.9 Å². The van der Waals surface area contributed by atoms with Crippen molar-refractivity contribution >= 4 is 29.7 Å². The Labute approximate surface area is 268 Å². The molecule has 0 radical (unpaired) electrons. The van der Waals surface area contributed by atoms with Gasteiger partial charge in [-0.2, -0.15) is 0 Å². The highest BCUT2D eigenvalue weighted by Gasteiger charge is 2.70. The molecule has 2 aliphatic heterocycles. The molecule has 2 unspecified atom stereocenters. The van der Waals surface area contributed by atoms with Gasteiger partial charge in [-0.25, -0.2) is 19.2 Å². The van der Waals surface area contributed by atoms with Crippen molar-refractivity contribution in [2.75, 3.05) is 13.7 Å². The molecular weight excluding hydrogens is 602 g/mol. The van der Waals surface area contributed by atoms with Crippen LogP contribution < -0.4 is 5.73 Å². The molecule has 2 saturated heterocycles. The number of aliphatic hydroxyl groups is 2. The Morgan fingerprint density at radius 2 is 1.78 bits per heavy atom. The SMILES string of the molecule is COC(=O)C12C[C@@H](OC(=O)C=C(C)C)C(=O)O[C@@H]3C[C@H]4C(C)=C(OC(=O)[C@@H](N)CC(C)C)C(=O)C[C@]4(C)C([C@@H](O)[C@@H]1O)[C@@]3(C)CO2. The van der Waals surface area contributed by atoms with Gasteiger partial charge in [0.2, 0.25) is 6.10 Å². The lowest BCUT2D eigenvalue weighted by Crippen LogP contribution is -2.66. The van der Waals surface area contributed by atoms with Gasteiger partial charge >= 0.3 is 23.9 Å². The summed E-state index contributed by atoms with van der Waals surface area (Å²) in [4.78, 5) is 66.5. The molecule has 2 bridgehead atoms. The lowest BCUT2D eigenvalue weighted by atomic mass is 9.45. The number of methoxy groups -OCH3 is 1. The van der Waals surface area contributed by atoms with E-state index in [1.807, 2.05) is 13.8 Å². The van der Waals surface area contributed by atoms with Crippen molar-refractivity contribution in [3.63, 3.8) is 0 Å². The third-order valence-electron chi connectivity index (χ3n) is 10.3. The number of carbonyl (C=O) groups is 5. The number of ketones is 1. The average Bonchev–Trinajstić information content (AvgIpc) is 3.00. The quantitative estimate of drug-likeness (QED) is 0.205. The molecular formula is C33H47NO12. The van der Waals surface area contributed by atoms with Crippen LogP contribution in [-0.4, -0.2) is 89.6 Å². The van der Waals surface area contributed by atoms with E-state index in [1.165, 1.54) is 0 Å². The van der Waals surface area contributed by atoms with Crippen LogP contribution in [0.1, 0.15) is 74.1 Å². The van der Waals surface area contributed by atoms with Crippen LogP contribution in [0.25, 0.3) is 0 Å². The molecule has 256 valence electrons. The Hall–Kier alpha value is -3.13. The fraction of sp³-hybridized carbons (Fsp3) is 0.727. The minimum Gasteiger partial charge on any atom is -0.467 e. The molecule has 0 spiro atoms. The highest BCUT2D eigenvalue weighted by Crippen LogP contribution is 2.64. The van der Waals surface area contributed by atoms with E-state index in [2.05, 4.69) is 0 Å². The zero-order chi connectivity index (χ0) is 34.5. The maximum atomic E-state index is 13.8. The first kappa shape index (κ1) is 35.7. The Morgan fingerprint density at radius 1 is 1.13 bits per heavy atom. The Bertz CT molecular complexity index is 1350. The van der Waals surface area contributed by atoms with E-state index in [9.17, 15) is 34.2 Å². The van der Waals surface area contributed by atoms with Crippen LogP contribution in [-0.2, 0) is 47.7 Å². The minimum atomic E-state index is -2.33.